The van der Waals surface area contributed by atoms with Crippen molar-refractivity contribution >= 4 is 28.6 Å². The average molecular weight is 402 g/mol. The van der Waals surface area contributed by atoms with Crippen molar-refractivity contribution in [3.63, 3.8) is 0 Å². The Hall–Kier alpha value is -3.12. The van der Waals surface area contributed by atoms with E-state index < -0.39 is 5.97 Å². The molecule has 3 N–H and O–H groups in total. The molecule has 0 saturated carbocycles. The van der Waals surface area contributed by atoms with Crippen molar-refractivity contribution in [3.05, 3.63) is 65.4 Å². The minimum Gasteiger partial charge on any atom is -0.481 e. The molecule has 0 amide bonds. The number of H-pyrrole nitrogens is 1. The van der Waals surface area contributed by atoms with E-state index in [0.29, 0.717) is 6.04 Å². The van der Waals surface area contributed by atoms with Crippen LogP contribution in [-0.2, 0) is 11.3 Å². The largest absolute Gasteiger partial charge is 0.481 e. The van der Waals surface area contributed by atoms with Crippen molar-refractivity contribution < 1.29 is 9.90 Å². The van der Waals surface area contributed by atoms with E-state index in [1.54, 1.807) is 0 Å². The number of allylic oxidation sites excluding steroid dienone is 1. The summed E-state index contributed by atoms with van der Waals surface area (Å²) in [6, 6.07) is 13.2. The number of carboxylic acids is 1. The van der Waals surface area contributed by atoms with Crippen molar-refractivity contribution in [2.24, 2.45) is 0 Å². The van der Waals surface area contributed by atoms with E-state index in [9.17, 15) is 4.79 Å². The molecule has 1 aliphatic carbocycles. The lowest BCUT2D eigenvalue weighted by Crippen LogP contribution is -2.41. The van der Waals surface area contributed by atoms with Gasteiger partial charge in [0, 0.05) is 36.1 Å². The van der Waals surface area contributed by atoms with Gasteiger partial charge in [0.2, 0.25) is 0 Å². The van der Waals surface area contributed by atoms with Crippen LogP contribution in [0.2, 0.25) is 0 Å². The number of aromatic amines is 1. The number of hydrogen-bond acceptors (Lipinski definition) is 4. The molecule has 154 valence electrons. The molecule has 30 heavy (non-hydrogen) atoms. The minimum absolute atomic E-state index is 0.00248. The summed E-state index contributed by atoms with van der Waals surface area (Å²) in [4.78, 5) is 13.6. The molecule has 2 heterocycles. The fraction of sp³-hybridized carbons (Fsp3) is 0.333. The third kappa shape index (κ3) is 3.96. The standard InChI is InChI=1S/C24H26N4O2/c29-24(30)12-18-5-4-17-10-16(3-7-22(17)18)14-28-9-1-2-21(15-28)26-20-6-8-23-19(11-20)13-25-27-23/h3-8,10-11,13,18,21,26H,1-2,9,12,14-15H2,(H,25,27)(H,29,30). The Kier molecular flexibility index (Phi) is 5.01. The highest BCUT2D eigenvalue weighted by Crippen LogP contribution is 2.33. The Morgan fingerprint density at radius 1 is 1.27 bits per heavy atom. The second-order valence-corrected chi connectivity index (χ2v) is 8.42. The quantitative estimate of drug-likeness (QED) is 0.575. The molecule has 1 aromatic heterocycles. The number of aliphatic carboxylic acids is 1. The molecule has 1 fully saturated rings. The molecule has 0 radical (unpaired) electrons. The van der Waals surface area contributed by atoms with Crippen LogP contribution in [0.4, 0.5) is 5.69 Å². The van der Waals surface area contributed by atoms with Gasteiger partial charge in [-0.1, -0.05) is 30.4 Å². The van der Waals surface area contributed by atoms with E-state index in [-0.39, 0.29) is 12.3 Å². The van der Waals surface area contributed by atoms with Crippen molar-refractivity contribution in [3.8, 4) is 0 Å². The normalized spacial score (nSPS) is 21.1. The van der Waals surface area contributed by atoms with Crippen LogP contribution in [-0.4, -0.2) is 45.3 Å². The number of likely N-dealkylation sites (tertiary alicyclic amines) is 1. The van der Waals surface area contributed by atoms with Gasteiger partial charge in [-0.15, -0.1) is 0 Å². The monoisotopic (exact) mass is 402 g/mol. The maximum Gasteiger partial charge on any atom is 0.304 e. The lowest BCUT2D eigenvalue weighted by molar-refractivity contribution is -0.137. The highest BCUT2D eigenvalue weighted by molar-refractivity contribution is 5.81. The van der Waals surface area contributed by atoms with E-state index in [0.717, 1.165) is 41.8 Å². The van der Waals surface area contributed by atoms with E-state index in [1.807, 2.05) is 12.3 Å². The highest BCUT2D eigenvalue weighted by atomic mass is 16.4. The van der Waals surface area contributed by atoms with Gasteiger partial charge in [0.1, 0.15) is 0 Å². The fourth-order valence-corrected chi connectivity index (χ4v) is 4.74. The number of carbonyl (C=O) groups is 1. The molecule has 2 aromatic carbocycles. The Morgan fingerprint density at radius 3 is 3.10 bits per heavy atom. The molecule has 3 aromatic rings. The minimum atomic E-state index is -0.750. The molecule has 2 aliphatic rings. The molecule has 5 rings (SSSR count). The maximum absolute atomic E-state index is 11.1. The predicted octanol–water partition coefficient (Wildman–Crippen LogP) is 4.22. The second kappa shape index (κ2) is 7.95. The van der Waals surface area contributed by atoms with Crippen LogP contribution in [0.1, 0.15) is 41.9 Å². The molecule has 6 heteroatoms. The lowest BCUT2D eigenvalue weighted by atomic mass is 9.96. The number of anilines is 1. The molecular formula is C24H26N4O2. The summed E-state index contributed by atoms with van der Waals surface area (Å²) >= 11 is 0. The van der Waals surface area contributed by atoms with E-state index in [4.69, 9.17) is 5.11 Å². The second-order valence-electron chi connectivity index (χ2n) is 8.42. The number of hydrogen-bond donors (Lipinski definition) is 3. The van der Waals surface area contributed by atoms with Crippen LogP contribution in [0.3, 0.4) is 0 Å². The fourth-order valence-electron chi connectivity index (χ4n) is 4.74. The summed E-state index contributed by atoms with van der Waals surface area (Å²) < 4.78 is 0. The van der Waals surface area contributed by atoms with Crippen molar-refractivity contribution in [1.29, 1.82) is 0 Å². The number of aromatic nitrogens is 2. The zero-order chi connectivity index (χ0) is 20.5. The van der Waals surface area contributed by atoms with Gasteiger partial charge >= 0.3 is 5.97 Å². The van der Waals surface area contributed by atoms with Gasteiger partial charge in [0.05, 0.1) is 18.1 Å². The molecule has 1 aliphatic heterocycles. The number of nitrogens with one attached hydrogen (secondary N) is 2. The van der Waals surface area contributed by atoms with Gasteiger partial charge in [-0.2, -0.15) is 5.10 Å². The smallest absolute Gasteiger partial charge is 0.304 e. The number of fused-ring (bicyclic) bond motifs is 2. The Bertz CT molecular complexity index is 1100. The SMILES string of the molecule is O=C(O)CC1C=Cc2cc(CN3CCCC(Nc4ccc5[nH]ncc5c4)C3)ccc21. The van der Waals surface area contributed by atoms with Gasteiger partial charge in [-0.3, -0.25) is 14.8 Å². The van der Waals surface area contributed by atoms with Crippen LogP contribution in [0.5, 0.6) is 0 Å². The molecule has 2 unspecified atom stereocenters. The first-order chi connectivity index (χ1) is 14.6. The van der Waals surface area contributed by atoms with Crippen molar-refractivity contribution in [1.82, 2.24) is 15.1 Å². The summed E-state index contributed by atoms with van der Waals surface area (Å²) in [5.74, 6) is -0.747. The summed E-state index contributed by atoms with van der Waals surface area (Å²) in [5.41, 5.74) is 5.78. The first-order valence-electron chi connectivity index (χ1n) is 10.6. The summed E-state index contributed by atoms with van der Waals surface area (Å²) in [6.45, 7) is 3.04. The highest BCUT2D eigenvalue weighted by Gasteiger charge is 2.22. The third-order valence-electron chi connectivity index (χ3n) is 6.18. The van der Waals surface area contributed by atoms with Gasteiger partial charge in [-0.25, -0.2) is 0 Å². The number of nitrogens with zero attached hydrogens (tertiary/aromatic N) is 2. The van der Waals surface area contributed by atoms with Gasteiger partial charge < -0.3 is 10.4 Å². The Balaban J connectivity index is 1.22. The molecule has 2 atom stereocenters. The number of carboxylic acid groups (broad SMARTS) is 1. The van der Waals surface area contributed by atoms with Gasteiger partial charge in [-0.05, 0) is 54.3 Å². The molecule has 1 saturated heterocycles. The first-order valence-corrected chi connectivity index (χ1v) is 10.6. The topological polar surface area (TPSA) is 81.2 Å². The zero-order valence-corrected chi connectivity index (χ0v) is 16.8. The third-order valence-corrected chi connectivity index (χ3v) is 6.18. The van der Waals surface area contributed by atoms with E-state index in [2.05, 4.69) is 62.9 Å². The van der Waals surface area contributed by atoms with Crippen LogP contribution in [0.15, 0.2) is 48.7 Å². The summed E-state index contributed by atoms with van der Waals surface area (Å²) in [7, 11) is 0. The summed E-state index contributed by atoms with van der Waals surface area (Å²) in [6.07, 6.45) is 8.45. The van der Waals surface area contributed by atoms with Crippen molar-refractivity contribution in [2.45, 2.75) is 37.8 Å². The van der Waals surface area contributed by atoms with Gasteiger partial charge in [0.25, 0.3) is 0 Å². The lowest BCUT2D eigenvalue weighted by Gasteiger charge is -2.33. The molecule has 6 nitrogen and oxygen atoms in total. The van der Waals surface area contributed by atoms with Crippen LogP contribution in [0, 0.1) is 0 Å². The van der Waals surface area contributed by atoms with E-state index >= 15 is 0 Å². The van der Waals surface area contributed by atoms with E-state index in [1.165, 1.54) is 24.0 Å². The van der Waals surface area contributed by atoms with Crippen molar-refractivity contribution in [2.75, 3.05) is 18.4 Å². The maximum atomic E-state index is 11.1. The first kappa shape index (κ1) is 18.9. The average Bonchev–Trinajstić information content (AvgIpc) is 3.34. The number of benzene rings is 2. The van der Waals surface area contributed by atoms with Crippen LogP contribution >= 0.6 is 0 Å². The van der Waals surface area contributed by atoms with Gasteiger partial charge in [0.15, 0.2) is 0 Å². The van der Waals surface area contributed by atoms with Crippen LogP contribution < -0.4 is 5.32 Å². The Labute approximate surface area is 175 Å². The molecule has 0 bridgehead atoms. The Morgan fingerprint density at radius 2 is 2.20 bits per heavy atom. The molecule has 0 spiro atoms. The number of piperidine rings is 1. The zero-order valence-electron chi connectivity index (χ0n) is 16.8. The molecular weight excluding hydrogens is 376 g/mol. The predicted molar refractivity (Wildman–Crippen MR) is 118 cm³/mol. The van der Waals surface area contributed by atoms with Crippen LogP contribution in [0.25, 0.3) is 17.0 Å². The number of rotatable bonds is 6. The summed E-state index contributed by atoms with van der Waals surface area (Å²) in [5, 5.41) is 21.0.